The van der Waals surface area contributed by atoms with Crippen LogP contribution in [0.5, 0.6) is 5.75 Å². The minimum absolute atomic E-state index is 0.226. The predicted octanol–water partition coefficient (Wildman–Crippen LogP) is 2.30. The molecule has 20 heavy (non-hydrogen) atoms. The number of nitrogens with two attached hydrogens (primary N) is 1. The van der Waals surface area contributed by atoms with Crippen molar-refractivity contribution < 1.29 is 9.84 Å². The number of aliphatic hydroxyl groups is 1. The van der Waals surface area contributed by atoms with Gasteiger partial charge in [-0.05, 0) is 50.0 Å². The fourth-order valence-corrected chi connectivity index (χ4v) is 2.17. The maximum absolute atomic E-state index is 8.95. The van der Waals surface area contributed by atoms with Crippen LogP contribution in [0.2, 0.25) is 0 Å². The van der Waals surface area contributed by atoms with Gasteiger partial charge < -0.3 is 20.5 Å². The summed E-state index contributed by atoms with van der Waals surface area (Å²) in [4.78, 5) is 2.25. The number of aliphatic hydroxyl groups excluding tert-OH is 1. The molecule has 0 aliphatic rings. The summed E-state index contributed by atoms with van der Waals surface area (Å²) >= 11 is 0. The van der Waals surface area contributed by atoms with Gasteiger partial charge in [-0.3, -0.25) is 0 Å². The Morgan fingerprint density at radius 2 is 2.05 bits per heavy atom. The number of hydrogen-bond acceptors (Lipinski definition) is 4. The first-order valence-electron chi connectivity index (χ1n) is 7.55. The predicted molar refractivity (Wildman–Crippen MR) is 84.2 cm³/mol. The Bertz CT molecular complexity index is 383. The van der Waals surface area contributed by atoms with Crippen LogP contribution in [0.25, 0.3) is 0 Å². The van der Waals surface area contributed by atoms with E-state index in [0.717, 1.165) is 50.3 Å². The molecule has 0 fully saturated rings. The van der Waals surface area contributed by atoms with Gasteiger partial charge in [-0.1, -0.05) is 19.9 Å². The second-order valence-electron chi connectivity index (χ2n) is 4.98. The van der Waals surface area contributed by atoms with Gasteiger partial charge in [0.15, 0.2) is 0 Å². The maximum atomic E-state index is 8.95. The molecule has 0 atom stereocenters. The Morgan fingerprint density at radius 1 is 1.25 bits per heavy atom. The fourth-order valence-electron chi connectivity index (χ4n) is 2.17. The Morgan fingerprint density at radius 3 is 2.65 bits per heavy atom. The molecule has 1 aromatic rings. The van der Waals surface area contributed by atoms with Gasteiger partial charge in [-0.15, -0.1) is 0 Å². The summed E-state index contributed by atoms with van der Waals surface area (Å²) in [5.41, 5.74) is 7.96. The van der Waals surface area contributed by atoms with Crippen molar-refractivity contribution in [1.82, 2.24) is 4.90 Å². The van der Waals surface area contributed by atoms with Crippen molar-refractivity contribution in [2.75, 3.05) is 38.6 Å². The van der Waals surface area contributed by atoms with Crippen molar-refractivity contribution in [3.63, 3.8) is 0 Å². The average molecular weight is 280 g/mol. The third-order valence-electron chi connectivity index (χ3n) is 3.34. The van der Waals surface area contributed by atoms with Crippen LogP contribution in [0.3, 0.4) is 0 Å². The summed E-state index contributed by atoms with van der Waals surface area (Å²) in [7, 11) is 0. The van der Waals surface area contributed by atoms with E-state index in [0.29, 0.717) is 6.61 Å². The van der Waals surface area contributed by atoms with E-state index >= 15 is 0 Å². The highest BCUT2D eigenvalue weighted by atomic mass is 16.5. The molecule has 0 amide bonds. The zero-order valence-corrected chi connectivity index (χ0v) is 12.8. The molecule has 0 unspecified atom stereocenters. The first kappa shape index (κ1) is 16.8. The number of anilines is 1. The Hall–Kier alpha value is -1.26. The van der Waals surface area contributed by atoms with E-state index in [-0.39, 0.29) is 6.61 Å². The van der Waals surface area contributed by atoms with Crippen LogP contribution in [0.1, 0.15) is 32.3 Å². The standard InChI is InChI=1S/C16H28N2O2/c1-3-12-20-16-8-7-14(13-15(16)17)6-5-9-18(4-2)10-11-19/h7-8,13,19H,3-6,9-12,17H2,1-2H3. The number of nitrogen functional groups attached to an aromatic ring is 1. The van der Waals surface area contributed by atoms with Crippen molar-refractivity contribution >= 4 is 5.69 Å². The molecule has 0 aliphatic carbocycles. The summed E-state index contributed by atoms with van der Waals surface area (Å²) < 4.78 is 5.57. The third-order valence-corrected chi connectivity index (χ3v) is 3.34. The highest BCUT2D eigenvalue weighted by Gasteiger charge is 2.04. The van der Waals surface area contributed by atoms with Crippen molar-refractivity contribution in [3.8, 4) is 5.75 Å². The van der Waals surface area contributed by atoms with Crippen LogP contribution in [0.15, 0.2) is 18.2 Å². The number of hydrogen-bond donors (Lipinski definition) is 2. The lowest BCUT2D eigenvalue weighted by molar-refractivity contribution is 0.200. The van der Waals surface area contributed by atoms with E-state index in [2.05, 4.69) is 24.8 Å². The summed E-state index contributed by atoms with van der Waals surface area (Å²) in [5, 5.41) is 8.95. The van der Waals surface area contributed by atoms with Gasteiger partial charge in [-0.2, -0.15) is 0 Å². The molecule has 4 nitrogen and oxygen atoms in total. The van der Waals surface area contributed by atoms with Gasteiger partial charge >= 0.3 is 0 Å². The van der Waals surface area contributed by atoms with Crippen molar-refractivity contribution in [3.05, 3.63) is 23.8 Å². The lowest BCUT2D eigenvalue weighted by Gasteiger charge is -2.18. The molecule has 0 saturated heterocycles. The molecule has 3 N–H and O–H groups in total. The minimum atomic E-state index is 0.226. The largest absolute Gasteiger partial charge is 0.491 e. The Balaban J connectivity index is 2.42. The summed E-state index contributed by atoms with van der Waals surface area (Å²) in [5.74, 6) is 0.783. The number of aryl methyl sites for hydroxylation is 1. The first-order valence-corrected chi connectivity index (χ1v) is 7.55. The minimum Gasteiger partial charge on any atom is -0.491 e. The fraction of sp³-hybridized carbons (Fsp3) is 0.625. The molecule has 4 heteroatoms. The van der Waals surface area contributed by atoms with E-state index in [1.165, 1.54) is 5.56 Å². The molecule has 0 saturated carbocycles. The van der Waals surface area contributed by atoms with Crippen LogP contribution in [0.4, 0.5) is 5.69 Å². The Labute approximate surface area is 122 Å². The van der Waals surface area contributed by atoms with E-state index < -0.39 is 0 Å². The van der Waals surface area contributed by atoms with Crippen LogP contribution in [0, 0.1) is 0 Å². The average Bonchev–Trinajstić information content (AvgIpc) is 2.45. The molecule has 0 aromatic heterocycles. The molecule has 0 radical (unpaired) electrons. The topological polar surface area (TPSA) is 58.7 Å². The second kappa shape index (κ2) is 9.61. The summed E-state index contributed by atoms with van der Waals surface area (Å²) in [6.07, 6.45) is 3.06. The monoisotopic (exact) mass is 280 g/mol. The summed E-state index contributed by atoms with van der Waals surface area (Å²) in [6.45, 7) is 7.87. The van der Waals surface area contributed by atoms with Crippen LogP contribution in [-0.2, 0) is 6.42 Å². The van der Waals surface area contributed by atoms with E-state index in [4.69, 9.17) is 15.6 Å². The molecule has 114 valence electrons. The van der Waals surface area contributed by atoms with Gasteiger partial charge in [0.1, 0.15) is 5.75 Å². The molecule has 0 spiro atoms. The van der Waals surface area contributed by atoms with Gasteiger partial charge in [0.05, 0.1) is 18.9 Å². The van der Waals surface area contributed by atoms with E-state index in [1.54, 1.807) is 0 Å². The number of nitrogens with zero attached hydrogens (tertiary/aromatic N) is 1. The van der Waals surface area contributed by atoms with Gasteiger partial charge in [0.25, 0.3) is 0 Å². The lowest BCUT2D eigenvalue weighted by Crippen LogP contribution is -2.27. The maximum Gasteiger partial charge on any atom is 0.142 e. The number of ether oxygens (including phenoxy) is 1. The van der Waals surface area contributed by atoms with Crippen LogP contribution in [-0.4, -0.2) is 42.9 Å². The van der Waals surface area contributed by atoms with Crippen molar-refractivity contribution in [2.24, 2.45) is 0 Å². The molecule has 0 bridgehead atoms. The van der Waals surface area contributed by atoms with Gasteiger partial charge in [0, 0.05) is 6.54 Å². The molecule has 0 aliphatic heterocycles. The molecular weight excluding hydrogens is 252 g/mol. The normalized spacial score (nSPS) is 11.0. The van der Waals surface area contributed by atoms with E-state index in [9.17, 15) is 0 Å². The summed E-state index contributed by atoms with van der Waals surface area (Å²) in [6, 6.07) is 6.06. The second-order valence-corrected chi connectivity index (χ2v) is 4.98. The highest BCUT2D eigenvalue weighted by Crippen LogP contribution is 2.23. The third kappa shape index (κ3) is 5.80. The molecular formula is C16H28N2O2. The first-order chi connectivity index (χ1) is 9.71. The van der Waals surface area contributed by atoms with Crippen molar-refractivity contribution in [2.45, 2.75) is 33.1 Å². The van der Waals surface area contributed by atoms with Crippen LogP contribution < -0.4 is 10.5 Å². The Kier molecular flexibility index (Phi) is 8.07. The smallest absolute Gasteiger partial charge is 0.142 e. The van der Waals surface area contributed by atoms with E-state index in [1.807, 2.05) is 12.1 Å². The SMILES string of the molecule is CCCOc1ccc(CCCN(CC)CCO)cc1N. The zero-order chi connectivity index (χ0) is 14.8. The number of likely N-dealkylation sites (N-methyl/N-ethyl adjacent to an activating group) is 1. The van der Waals surface area contributed by atoms with Crippen molar-refractivity contribution in [1.29, 1.82) is 0 Å². The lowest BCUT2D eigenvalue weighted by atomic mass is 10.1. The van der Waals surface area contributed by atoms with Gasteiger partial charge in [0.2, 0.25) is 0 Å². The highest BCUT2D eigenvalue weighted by molar-refractivity contribution is 5.54. The molecule has 0 heterocycles. The zero-order valence-electron chi connectivity index (χ0n) is 12.8. The number of rotatable bonds is 10. The quantitative estimate of drug-likeness (QED) is 0.646. The van der Waals surface area contributed by atoms with Gasteiger partial charge in [-0.25, -0.2) is 0 Å². The van der Waals surface area contributed by atoms with Crippen LogP contribution >= 0.6 is 0 Å². The number of benzene rings is 1. The molecule has 1 aromatic carbocycles. The molecule has 1 rings (SSSR count).